The standard InChI is InChI=1S/C9H16N2O4.Na/c1-6(8(12)13)11-9(14)10-5-7-3-2-4-15-7;/h6-7H,2-5H2,1H3,(H,12,13)(H2,10,11,14);/q;+1/p-1. The minimum absolute atomic E-state index is 0. The Balaban J connectivity index is 0.00000225. The zero-order chi connectivity index (χ0) is 11.3. The number of carbonyl (C=O) groups is 2. The Bertz CT molecular complexity index is 244. The first kappa shape index (κ1) is 15.7. The summed E-state index contributed by atoms with van der Waals surface area (Å²) in [5.41, 5.74) is 0. The van der Waals surface area contributed by atoms with Gasteiger partial charge >= 0.3 is 35.6 Å². The van der Waals surface area contributed by atoms with Crippen molar-refractivity contribution in [2.45, 2.75) is 31.9 Å². The normalized spacial score (nSPS) is 20.7. The van der Waals surface area contributed by atoms with Crippen LogP contribution in [-0.4, -0.2) is 37.3 Å². The summed E-state index contributed by atoms with van der Waals surface area (Å²) in [7, 11) is 0. The summed E-state index contributed by atoms with van der Waals surface area (Å²) < 4.78 is 5.28. The van der Waals surface area contributed by atoms with Gasteiger partial charge in [0, 0.05) is 13.2 Å². The molecular weight excluding hydrogens is 223 g/mol. The largest absolute Gasteiger partial charge is 1.00 e. The molecule has 2 amide bonds. The van der Waals surface area contributed by atoms with E-state index in [4.69, 9.17) is 4.74 Å². The van der Waals surface area contributed by atoms with Gasteiger partial charge in [0.1, 0.15) is 0 Å². The molecule has 1 fully saturated rings. The minimum atomic E-state index is -1.30. The third kappa shape index (κ3) is 5.69. The van der Waals surface area contributed by atoms with Gasteiger partial charge in [-0.05, 0) is 19.8 Å². The molecule has 0 radical (unpaired) electrons. The maximum Gasteiger partial charge on any atom is 1.00 e. The predicted molar refractivity (Wildman–Crippen MR) is 50.0 cm³/mol. The second-order valence-electron chi connectivity index (χ2n) is 3.53. The van der Waals surface area contributed by atoms with Gasteiger partial charge in [-0.2, -0.15) is 0 Å². The zero-order valence-corrected chi connectivity index (χ0v) is 11.6. The van der Waals surface area contributed by atoms with Crippen LogP contribution in [0.1, 0.15) is 19.8 Å². The number of carboxylic acids is 1. The van der Waals surface area contributed by atoms with E-state index in [9.17, 15) is 14.7 Å². The smallest absolute Gasteiger partial charge is 0.548 e. The molecule has 1 saturated heterocycles. The molecule has 0 aromatic heterocycles. The summed E-state index contributed by atoms with van der Waals surface area (Å²) in [5.74, 6) is -1.30. The summed E-state index contributed by atoms with van der Waals surface area (Å²) in [6.45, 7) is 2.48. The second-order valence-corrected chi connectivity index (χ2v) is 3.53. The molecule has 1 aliphatic rings. The molecule has 0 aliphatic carbocycles. The molecule has 86 valence electrons. The molecule has 2 N–H and O–H groups in total. The Morgan fingerprint density at radius 1 is 1.56 bits per heavy atom. The van der Waals surface area contributed by atoms with Crippen molar-refractivity contribution in [2.75, 3.05) is 13.2 Å². The van der Waals surface area contributed by atoms with Crippen LogP contribution in [0.4, 0.5) is 4.79 Å². The monoisotopic (exact) mass is 238 g/mol. The Morgan fingerprint density at radius 2 is 2.25 bits per heavy atom. The van der Waals surface area contributed by atoms with Crippen molar-refractivity contribution in [2.24, 2.45) is 0 Å². The van der Waals surface area contributed by atoms with Crippen molar-refractivity contribution in [1.82, 2.24) is 10.6 Å². The molecule has 1 heterocycles. The zero-order valence-electron chi connectivity index (χ0n) is 9.62. The van der Waals surface area contributed by atoms with Gasteiger partial charge in [0.2, 0.25) is 0 Å². The number of rotatable bonds is 4. The van der Waals surface area contributed by atoms with E-state index in [0.717, 1.165) is 19.4 Å². The maximum absolute atomic E-state index is 11.1. The average molecular weight is 238 g/mol. The van der Waals surface area contributed by atoms with Crippen molar-refractivity contribution >= 4 is 12.0 Å². The first-order chi connectivity index (χ1) is 7.09. The number of carbonyl (C=O) groups excluding carboxylic acids is 2. The molecule has 2 atom stereocenters. The Morgan fingerprint density at radius 3 is 2.75 bits per heavy atom. The molecule has 16 heavy (non-hydrogen) atoms. The molecule has 0 aromatic rings. The van der Waals surface area contributed by atoms with Crippen LogP contribution < -0.4 is 45.3 Å². The number of hydrogen-bond donors (Lipinski definition) is 2. The van der Waals surface area contributed by atoms with Crippen molar-refractivity contribution in [1.29, 1.82) is 0 Å². The number of amides is 2. The van der Waals surface area contributed by atoms with Crippen molar-refractivity contribution in [3.05, 3.63) is 0 Å². The van der Waals surface area contributed by atoms with Gasteiger partial charge in [0.25, 0.3) is 0 Å². The number of carboxylic acid groups (broad SMARTS) is 1. The topological polar surface area (TPSA) is 90.5 Å². The molecule has 6 nitrogen and oxygen atoms in total. The van der Waals surface area contributed by atoms with Crippen molar-refractivity contribution < 1.29 is 49.0 Å². The summed E-state index contributed by atoms with van der Waals surface area (Å²) in [5, 5.41) is 15.1. The van der Waals surface area contributed by atoms with Gasteiger partial charge in [-0.15, -0.1) is 0 Å². The van der Waals surface area contributed by atoms with Crippen LogP contribution in [0.25, 0.3) is 0 Å². The Labute approximate surface area is 116 Å². The Kier molecular flexibility index (Phi) is 7.74. The minimum Gasteiger partial charge on any atom is -0.548 e. The molecule has 1 rings (SSSR count). The van der Waals surface area contributed by atoms with Gasteiger partial charge in [-0.3, -0.25) is 0 Å². The first-order valence-electron chi connectivity index (χ1n) is 4.96. The van der Waals surface area contributed by atoms with Crippen LogP contribution in [0.5, 0.6) is 0 Å². The van der Waals surface area contributed by atoms with Gasteiger partial charge in [0.05, 0.1) is 18.1 Å². The quantitative estimate of drug-likeness (QED) is 0.484. The summed E-state index contributed by atoms with van der Waals surface area (Å²) in [6, 6.07) is -1.50. The third-order valence-corrected chi connectivity index (χ3v) is 2.22. The fourth-order valence-corrected chi connectivity index (χ4v) is 1.32. The number of aliphatic carboxylic acids is 1. The van der Waals surface area contributed by atoms with Gasteiger partial charge in [-0.1, -0.05) is 0 Å². The van der Waals surface area contributed by atoms with E-state index in [1.807, 2.05) is 0 Å². The van der Waals surface area contributed by atoms with Crippen LogP contribution in [-0.2, 0) is 9.53 Å². The third-order valence-electron chi connectivity index (χ3n) is 2.22. The van der Waals surface area contributed by atoms with Crippen LogP contribution in [0.15, 0.2) is 0 Å². The molecule has 2 unspecified atom stereocenters. The fourth-order valence-electron chi connectivity index (χ4n) is 1.32. The SMILES string of the molecule is CC(NC(=O)NCC1CCCO1)C(=O)[O-].[Na+]. The second kappa shape index (κ2) is 7.89. The number of nitrogens with one attached hydrogen (secondary N) is 2. The number of urea groups is 1. The molecule has 0 spiro atoms. The summed E-state index contributed by atoms with van der Waals surface area (Å²) in [4.78, 5) is 21.5. The van der Waals surface area contributed by atoms with Gasteiger partial charge in [-0.25, -0.2) is 4.79 Å². The van der Waals surface area contributed by atoms with Crippen molar-refractivity contribution in [3.8, 4) is 0 Å². The van der Waals surface area contributed by atoms with E-state index in [2.05, 4.69) is 10.6 Å². The van der Waals surface area contributed by atoms with E-state index >= 15 is 0 Å². The van der Waals surface area contributed by atoms with E-state index < -0.39 is 18.0 Å². The molecule has 1 aliphatic heterocycles. The molecule has 0 aromatic carbocycles. The van der Waals surface area contributed by atoms with Gasteiger partial charge < -0.3 is 25.3 Å². The van der Waals surface area contributed by atoms with Crippen LogP contribution in [0.2, 0.25) is 0 Å². The van der Waals surface area contributed by atoms with Crippen molar-refractivity contribution in [3.63, 3.8) is 0 Å². The molecule has 0 saturated carbocycles. The number of hydrogen-bond acceptors (Lipinski definition) is 4. The summed E-state index contributed by atoms with van der Waals surface area (Å²) >= 11 is 0. The fraction of sp³-hybridized carbons (Fsp3) is 0.778. The molecule has 0 bridgehead atoms. The van der Waals surface area contributed by atoms with Crippen LogP contribution in [0.3, 0.4) is 0 Å². The molecule has 7 heteroatoms. The van der Waals surface area contributed by atoms with Crippen LogP contribution in [0, 0.1) is 0 Å². The maximum atomic E-state index is 11.1. The molecular formula is C9H15N2NaO4. The van der Waals surface area contributed by atoms with E-state index in [1.54, 1.807) is 0 Å². The van der Waals surface area contributed by atoms with E-state index in [-0.39, 0.29) is 35.7 Å². The first-order valence-corrected chi connectivity index (χ1v) is 4.96. The number of ether oxygens (including phenoxy) is 1. The van der Waals surface area contributed by atoms with Crippen LogP contribution >= 0.6 is 0 Å². The van der Waals surface area contributed by atoms with E-state index in [0.29, 0.717) is 6.54 Å². The predicted octanol–water partition coefficient (Wildman–Crippen LogP) is -4.39. The average Bonchev–Trinajstić information content (AvgIpc) is 2.66. The Hall–Kier alpha value is -0.300. The van der Waals surface area contributed by atoms with Gasteiger partial charge in [0.15, 0.2) is 0 Å². The summed E-state index contributed by atoms with van der Waals surface area (Å²) in [6.07, 6.45) is 1.98. The van der Waals surface area contributed by atoms with E-state index in [1.165, 1.54) is 6.92 Å².